The molecule has 1 saturated heterocycles. The third kappa shape index (κ3) is 3.34. The van der Waals surface area contributed by atoms with E-state index in [0.29, 0.717) is 18.0 Å². The van der Waals surface area contributed by atoms with Gasteiger partial charge in [0.1, 0.15) is 0 Å². The molecular formula is C15H22Br2N2. The lowest BCUT2D eigenvalue weighted by Crippen LogP contribution is -2.53. The highest BCUT2D eigenvalue weighted by molar-refractivity contribution is 9.11. The number of halogens is 2. The van der Waals surface area contributed by atoms with E-state index in [1.165, 1.54) is 16.6 Å². The first-order chi connectivity index (χ1) is 9.04. The third-order valence-corrected chi connectivity index (χ3v) is 5.42. The van der Waals surface area contributed by atoms with Gasteiger partial charge in [0.15, 0.2) is 0 Å². The molecule has 1 aliphatic heterocycles. The Morgan fingerprint density at radius 3 is 2.74 bits per heavy atom. The summed E-state index contributed by atoms with van der Waals surface area (Å²) < 4.78 is 2.32. The highest BCUT2D eigenvalue weighted by atomic mass is 79.9. The summed E-state index contributed by atoms with van der Waals surface area (Å²) in [4.78, 5) is 2.52. The minimum atomic E-state index is 0.545. The second-order valence-corrected chi connectivity index (χ2v) is 7.11. The molecule has 1 heterocycles. The average molecular weight is 390 g/mol. The van der Waals surface area contributed by atoms with Gasteiger partial charge in [-0.2, -0.15) is 0 Å². The maximum atomic E-state index is 3.68. The zero-order valence-electron chi connectivity index (χ0n) is 11.8. The highest BCUT2D eigenvalue weighted by Crippen LogP contribution is 2.35. The van der Waals surface area contributed by atoms with E-state index in [0.717, 1.165) is 17.6 Å². The van der Waals surface area contributed by atoms with Crippen molar-refractivity contribution in [2.75, 3.05) is 18.0 Å². The highest BCUT2D eigenvalue weighted by Gasteiger charge is 2.32. The van der Waals surface area contributed by atoms with E-state index in [1.807, 2.05) is 0 Å². The van der Waals surface area contributed by atoms with E-state index < -0.39 is 0 Å². The molecule has 1 aliphatic rings. The molecule has 0 saturated carbocycles. The zero-order chi connectivity index (χ0) is 14.0. The molecule has 0 aliphatic carbocycles. The Hall–Kier alpha value is -0.0600. The Labute approximate surface area is 133 Å². The van der Waals surface area contributed by atoms with E-state index in [2.05, 4.69) is 81.0 Å². The topological polar surface area (TPSA) is 15.3 Å². The van der Waals surface area contributed by atoms with Crippen LogP contribution in [0.2, 0.25) is 0 Å². The molecule has 3 atom stereocenters. The number of benzene rings is 1. The summed E-state index contributed by atoms with van der Waals surface area (Å²) in [6.07, 6.45) is 1.21. The van der Waals surface area contributed by atoms with E-state index in [9.17, 15) is 0 Å². The van der Waals surface area contributed by atoms with Gasteiger partial charge in [-0.25, -0.2) is 0 Å². The molecular weight excluding hydrogens is 368 g/mol. The number of nitrogens with zero attached hydrogens (tertiary/aromatic N) is 1. The molecule has 2 rings (SSSR count). The lowest BCUT2D eigenvalue weighted by atomic mass is 9.86. The summed E-state index contributed by atoms with van der Waals surface area (Å²) >= 11 is 7.26. The van der Waals surface area contributed by atoms with Crippen LogP contribution in [0, 0.1) is 5.92 Å². The summed E-state index contributed by atoms with van der Waals surface area (Å²) in [7, 11) is 0. The summed E-state index contributed by atoms with van der Waals surface area (Å²) in [5.74, 6) is 0.652. The van der Waals surface area contributed by atoms with Crippen molar-refractivity contribution in [2.24, 2.45) is 5.92 Å². The number of hydrogen-bond donors (Lipinski definition) is 1. The van der Waals surface area contributed by atoms with Crippen LogP contribution < -0.4 is 10.2 Å². The summed E-state index contributed by atoms with van der Waals surface area (Å²) in [6, 6.07) is 7.59. The van der Waals surface area contributed by atoms with Crippen LogP contribution in [0.15, 0.2) is 27.1 Å². The van der Waals surface area contributed by atoms with E-state index >= 15 is 0 Å². The normalized spacial score (nSPS) is 27.6. The van der Waals surface area contributed by atoms with Gasteiger partial charge in [0.25, 0.3) is 0 Å². The van der Waals surface area contributed by atoms with Crippen molar-refractivity contribution in [3.05, 3.63) is 27.1 Å². The van der Waals surface area contributed by atoms with Crippen LogP contribution in [0.25, 0.3) is 0 Å². The fourth-order valence-corrected chi connectivity index (χ4v) is 3.78. The molecule has 1 aromatic rings. The van der Waals surface area contributed by atoms with E-state index in [-0.39, 0.29) is 0 Å². The van der Waals surface area contributed by atoms with Crippen LogP contribution >= 0.6 is 31.9 Å². The van der Waals surface area contributed by atoms with Gasteiger partial charge in [0.05, 0.1) is 5.69 Å². The minimum Gasteiger partial charge on any atom is -0.367 e. The maximum Gasteiger partial charge on any atom is 0.0524 e. The lowest BCUT2D eigenvalue weighted by molar-refractivity contribution is 0.274. The molecule has 19 heavy (non-hydrogen) atoms. The predicted molar refractivity (Wildman–Crippen MR) is 89.9 cm³/mol. The van der Waals surface area contributed by atoms with Crippen LogP contribution in [0.1, 0.15) is 27.2 Å². The largest absolute Gasteiger partial charge is 0.367 e. The van der Waals surface area contributed by atoms with Gasteiger partial charge in [-0.1, -0.05) is 29.8 Å². The Morgan fingerprint density at radius 2 is 2.05 bits per heavy atom. The minimum absolute atomic E-state index is 0.545. The molecule has 0 spiro atoms. The number of nitrogens with one attached hydrogen (secondary N) is 1. The zero-order valence-corrected chi connectivity index (χ0v) is 15.0. The smallest absolute Gasteiger partial charge is 0.0524 e. The fraction of sp³-hybridized carbons (Fsp3) is 0.600. The standard InChI is InChI=1S/C15H22Br2N2/c1-4-18-14-7-8-19(11(3)10(14)2)15-9-12(16)5-6-13(15)17/h5-6,9-11,14,18H,4,7-8H2,1-3H3. The molecule has 3 unspecified atom stereocenters. The Bertz CT molecular complexity index is 436. The molecule has 1 aromatic carbocycles. The van der Waals surface area contributed by atoms with Crippen molar-refractivity contribution in [3.63, 3.8) is 0 Å². The summed E-state index contributed by atoms with van der Waals surface area (Å²) in [5.41, 5.74) is 1.30. The van der Waals surface area contributed by atoms with Crippen molar-refractivity contribution >= 4 is 37.5 Å². The number of rotatable bonds is 3. The maximum absolute atomic E-state index is 3.68. The van der Waals surface area contributed by atoms with Crippen molar-refractivity contribution in [3.8, 4) is 0 Å². The Kier molecular flexibility index (Phi) is 5.32. The second kappa shape index (κ2) is 6.59. The molecule has 106 valence electrons. The average Bonchev–Trinajstić information content (AvgIpc) is 2.39. The van der Waals surface area contributed by atoms with Crippen LogP contribution in [0.3, 0.4) is 0 Å². The molecule has 0 bridgehead atoms. The van der Waals surface area contributed by atoms with Crippen molar-refractivity contribution in [2.45, 2.75) is 39.3 Å². The fourth-order valence-electron chi connectivity index (χ4n) is 2.96. The Morgan fingerprint density at radius 1 is 1.32 bits per heavy atom. The molecule has 0 amide bonds. The molecule has 1 fully saturated rings. The van der Waals surface area contributed by atoms with Crippen LogP contribution in [0.4, 0.5) is 5.69 Å². The van der Waals surface area contributed by atoms with Gasteiger partial charge >= 0.3 is 0 Å². The van der Waals surface area contributed by atoms with E-state index in [1.54, 1.807) is 0 Å². The first-order valence-corrected chi connectivity index (χ1v) is 8.58. The summed E-state index contributed by atoms with van der Waals surface area (Å²) in [5, 5.41) is 3.62. The number of hydrogen-bond acceptors (Lipinski definition) is 2. The van der Waals surface area contributed by atoms with Gasteiger partial charge in [-0.15, -0.1) is 0 Å². The Balaban J connectivity index is 2.20. The van der Waals surface area contributed by atoms with Gasteiger partial charge in [-0.05, 0) is 59.9 Å². The van der Waals surface area contributed by atoms with Gasteiger partial charge in [0, 0.05) is 27.6 Å². The van der Waals surface area contributed by atoms with Crippen molar-refractivity contribution < 1.29 is 0 Å². The lowest BCUT2D eigenvalue weighted by Gasteiger charge is -2.44. The van der Waals surface area contributed by atoms with Crippen molar-refractivity contribution in [1.82, 2.24) is 5.32 Å². The molecule has 4 heteroatoms. The quantitative estimate of drug-likeness (QED) is 0.822. The van der Waals surface area contributed by atoms with Crippen LogP contribution in [0.5, 0.6) is 0 Å². The van der Waals surface area contributed by atoms with Crippen LogP contribution in [-0.2, 0) is 0 Å². The molecule has 0 radical (unpaired) electrons. The van der Waals surface area contributed by atoms with Crippen LogP contribution in [-0.4, -0.2) is 25.2 Å². The number of piperidine rings is 1. The SMILES string of the molecule is CCNC1CCN(c2cc(Br)ccc2Br)C(C)C1C. The molecule has 1 N–H and O–H groups in total. The second-order valence-electron chi connectivity index (χ2n) is 5.34. The predicted octanol–water partition coefficient (Wildman–Crippen LogP) is 4.42. The number of anilines is 1. The van der Waals surface area contributed by atoms with Gasteiger partial charge in [-0.3, -0.25) is 0 Å². The third-order valence-electron chi connectivity index (χ3n) is 4.25. The molecule has 2 nitrogen and oxygen atoms in total. The summed E-state index contributed by atoms with van der Waals surface area (Å²) in [6.45, 7) is 9.05. The van der Waals surface area contributed by atoms with Gasteiger partial charge < -0.3 is 10.2 Å². The van der Waals surface area contributed by atoms with Gasteiger partial charge in [0.2, 0.25) is 0 Å². The molecule has 0 aromatic heterocycles. The first-order valence-electron chi connectivity index (χ1n) is 6.99. The van der Waals surface area contributed by atoms with Crippen molar-refractivity contribution in [1.29, 1.82) is 0 Å². The van der Waals surface area contributed by atoms with E-state index in [4.69, 9.17) is 0 Å². The monoisotopic (exact) mass is 388 g/mol. The first kappa shape index (κ1) is 15.3.